The van der Waals surface area contributed by atoms with E-state index in [4.69, 9.17) is 0 Å². The quantitative estimate of drug-likeness (QED) is 0.536. The van der Waals surface area contributed by atoms with E-state index in [0.717, 1.165) is 36.3 Å². The molecule has 158 valence electrons. The minimum Gasteiger partial charge on any atom is -0.355 e. The number of nitrogens with zero attached hydrogens (tertiary/aromatic N) is 4. The molecule has 1 aliphatic rings. The lowest BCUT2D eigenvalue weighted by molar-refractivity contribution is -0.128. The predicted molar refractivity (Wildman–Crippen MR) is 114 cm³/mol. The molecule has 0 bridgehead atoms. The largest absolute Gasteiger partial charge is 0.355 e. The molecule has 0 spiro atoms. The predicted octanol–water partition coefficient (Wildman–Crippen LogP) is 2.09. The van der Waals surface area contributed by atoms with Gasteiger partial charge in [-0.05, 0) is 44.4 Å². The van der Waals surface area contributed by atoms with Gasteiger partial charge in [0.25, 0.3) is 5.91 Å². The molecule has 1 saturated heterocycles. The molecular formula is C22H33N5O2. The maximum atomic E-state index is 12.9. The summed E-state index contributed by atoms with van der Waals surface area (Å²) in [6.07, 6.45) is 3.66. The van der Waals surface area contributed by atoms with Crippen molar-refractivity contribution in [3.05, 3.63) is 28.6 Å². The molecule has 0 saturated carbocycles. The zero-order chi connectivity index (χ0) is 21.4. The molecule has 2 rings (SSSR count). The number of aromatic nitrogens is 1. The van der Waals surface area contributed by atoms with Gasteiger partial charge in [-0.25, -0.2) is 0 Å². The van der Waals surface area contributed by atoms with Crippen LogP contribution in [0.15, 0.2) is 11.6 Å². The Morgan fingerprint density at radius 1 is 1.17 bits per heavy atom. The van der Waals surface area contributed by atoms with Crippen LogP contribution >= 0.6 is 0 Å². The van der Waals surface area contributed by atoms with E-state index in [1.165, 1.54) is 0 Å². The van der Waals surface area contributed by atoms with Crippen molar-refractivity contribution in [1.82, 2.24) is 19.7 Å². The standard InChI is InChI=1S/C22H33N5O2/c1-5-7-24-21(28)16-25-9-11-26(12-10-25)22(29)20(15-23)14-19-13-17(3)27(8-6-2)18(19)4/h13-14H,5-12,16H2,1-4H3,(H,24,28)/b20-14+. The first-order valence-electron chi connectivity index (χ1n) is 10.5. The van der Waals surface area contributed by atoms with E-state index in [-0.39, 0.29) is 17.4 Å². The average molecular weight is 400 g/mol. The first-order valence-corrected chi connectivity index (χ1v) is 10.5. The van der Waals surface area contributed by atoms with Gasteiger partial charge in [0.1, 0.15) is 11.6 Å². The van der Waals surface area contributed by atoms with Crippen molar-refractivity contribution in [3.63, 3.8) is 0 Å². The van der Waals surface area contributed by atoms with Crippen LogP contribution in [0, 0.1) is 25.2 Å². The highest BCUT2D eigenvalue weighted by Crippen LogP contribution is 2.19. The number of carbonyl (C=O) groups is 2. The number of nitrogens with one attached hydrogen (secondary N) is 1. The molecule has 1 aliphatic heterocycles. The second-order valence-electron chi connectivity index (χ2n) is 7.57. The lowest BCUT2D eigenvalue weighted by Crippen LogP contribution is -2.51. The van der Waals surface area contributed by atoms with E-state index in [1.54, 1.807) is 11.0 Å². The smallest absolute Gasteiger partial charge is 0.264 e. The van der Waals surface area contributed by atoms with Gasteiger partial charge in [-0.2, -0.15) is 5.26 Å². The minimum atomic E-state index is -0.233. The van der Waals surface area contributed by atoms with E-state index >= 15 is 0 Å². The zero-order valence-electron chi connectivity index (χ0n) is 18.1. The van der Waals surface area contributed by atoms with Crippen molar-refractivity contribution in [2.45, 2.75) is 47.1 Å². The Balaban J connectivity index is 2.01. The van der Waals surface area contributed by atoms with Crippen LogP contribution in [-0.2, 0) is 16.1 Å². The summed E-state index contributed by atoms with van der Waals surface area (Å²) < 4.78 is 2.22. The van der Waals surface area contributed by atoms with Crippen molar-refractivity contribution >= 4 is 17.9 Å². The molecule has 29 heavy (non-hydrogen) atoms. The van der Waals surface area contributed by atoms with Crippen molar-refractivity contribution in [2.24, 2.45) is 0 Å². The second-order valence-corrected chi connectivity index (χ2v) is 7.57. The Kier molecular flexibility index (Phi) is 8.47. The van der Waals surface area contributed by atoms with Crippen LogP contribution in [0.25, 0.3) is 6.08 Å². The molecule has 0 aromatic carbocycles. The van der Waals surface area contributed by atoms with Crippen LogP contribution in [0.5, 0.6) is 0 Å². The lowest BCUT2D eigenvalue weighted by atomic mass is 10.1. The minimum absolute atomic E-state index is 0.0201. The molecule has 1 fully saturated rings. The van der Waals surface area contributed by atoms with Gasteiger partial charge >= 0.3 is 0 Å². The van der Waals surface area contributed by atoms with Gasteiger partial charge in [-0.1, -0.05) is 13.8 Å². The number of hydrogen-bond donors (Lipinski definition) is 1. The zero-order valence-corrected chi connectivity index (χ0v) is 18.1. The maximum absolute atomic E-state index is 12.9. The van der Waals surface area contributed by atoms with Gasteiger partial charge in [0.2, 0.25) is 5.91 Å². The summed E-state index contributed by atoms with van der Waals surface area (Å²) in [5.74, 6) is -0.213. The fraction of sp³-hybridized carbons (Fsp3) is 0.591. The van der Waals surface area contributed by atoms with E-state index in [0.29, 0.717) is 39.3 Å². The van der Waals surface area contributed by atoms with E-state index in [9.17, 15) is 14.9 Å². The van der Waals surface area contributed by atoms with E-state index in [2.05, 4.69) is 22.9 Å². The monoisotopic (exact) mass is 399 g/mol. The van der Waals surface area contributed by atoms with Crippen LogP contribution in [0.4, 0.5) is 0 Å². The van der Waals surface area contributed by atoms with Crippen molar-refractivity contribution in [2.75, 3.05) is 39.3 Å². The maximum Gasteiger partial charge on any atom is 0.264 e. The summed E-state index contributed by atoms with van der Waals surface area (Å²) in [7, 11) is 0. The summed E-state index contributed by atoms with van der Waals surface area (Å²) in [4.78, 5) is 28.5. The highest BCUT2D eigenvalue weighted by atomic mass is 16.2. The Hall–Kier alpha value is -2.59. The van der Waals surface area contributed by atoms with Gasteiger partial charge in [0, 0.05) is 50.7 Å². The second kappa shape index (κ2) is 10.8. The lowest BCUT2D eigenvalue weighted by Gasteiger charge is -2.34. The molecule has 7 heteroatoms. The summed E-state index contributed by atoms with van der Waals surface area (Å²) in [5, 5.41) is 12.4. The molecule has 0 aliphatic carbocycles. The summed E-state index contributed by atoms with van der Waals surface area (Å²) in [6, 6.07) is 4.12. The summed E-state index contributed by atoms with van der Waals surface area (Å²) in [5.41, 5.74) is 3.30. The highest BCUT2D eigenvalue weighted by molar-refractivity contribution is 6.01. The molecular weight excluding hydrogens is 366 g/mol. The van der Waals surface area contributed by atoms with Crippen LogP contribution in [0.3, 0.4) is 0 Å². The third-order valence-electron chi connectivity index (χ3n) is 5.31. The summed E-state index contributed by atoms with van der Waals surface area (Å²) >= 11 is 0. The number of piperazine rings is 1. The van der Waals surface area contributed by atoms with E-state index in [1.807, 2.05) is 31.7 Å². The van der Waals surface area contributed by atoms with Crippen molar-refractivity contribution in [3.8, 4) is 6.07 Å². The average Bonchev–Trinajstić information content (AvgIpc) is 2.98. The first kappa shape index (κ1) is 22.7. The van der Waals surface area contributed by atoms with Gasteiger partial charge in [-0.3, -0.25) is 14.5 Å². The van der Waals surface area contributed by atoms with Gasteiger partial charge in [-0.15, -0.1) is 0 Å². The molecule has 0 radical (unpaired) electrons. The number of amides is 2. The molecule has 0 atom stereocenters. The molecule has 0 unspecified atom stereocenters. The Bertz CT molecular complexity index is 795. The van der Waals surface area contributed by atoms with Gasteiger partial charge in [0.15, 0.2) is 0 Å². The highest BCUT2D eigenvalue weighted by Gasteiger charge is 2.25. The van der Waals surface area contributed by atoms with Crippen LogP contribution in [-0.4, -0.2) is 65.4 Å². The fourth-order valence-electron chi connectivity index (χ4n) is 3.64. The number of rotatable bonds is 8. The van der Waals surface area contributed by atoms with Crippen LogP contribution < -0.4 is 5.32 Å². The van der Waals surface area contributed by atoms with Gasteiger partial charge in [0.05, 0.1) is 6.54 Å². The number of aryl methyl sites for hydroxylation is 1. The fourth-order valence-corrected chi connectivity index (χ4v) is 3.64. The van der Waals surface area contributed by atoms with Crippen LogP contribution in [0.1, 0.15) is 43.6 Å². The molecule has 1 aromatic heterocycles. The molecule has 2 amide bonds. The number of nitriles is 1. The molecule has 2 heterocycles. The van der Waals surface area contributed by atoms with E-state index < -0.39 is 0 Å². The first-order chi connectivity index (χ1) is 13.9. The van der Waals surface area contributed by atoms with Crippen molar-refractivity contribution in [1.29, 1.82) is 5.26 Å². The SMILES string of the molecule is CCCNC(=O)CN1CCN(C(=O)/C(C#N)=C/c2cc(C)n(CCC)c2C)CC1. The number of hydrogen-bond acceptors (Lipinski definition) is 4. The third-order valence-corrected chi connectivity index (χ3v) is 5.31. The Morgan fingerprint density at radius 2 is 1.86 bits per heavy atom. The van der Waals surface area contributed by atoms with Gasteiger partial charge < -0.3 is 14.8 Å². The van der Waals surface area contributed by atoms with Crippen molar-refractivity contribution < 1.29 is 9.59 Å². The van der Waals surface area contributed by atoms with Crippen LogP contribution in [0.2, 0.25) is 0 Å². The molecule has 1 N–H and O–H groups in total. The third kappa shape index (κ3) is 5.94. The summed E-state index contributed by atoms with van der Waals surface area (Å²) in [6.45, 7) is 12.5. The Morgan fingerprint density at radius 3 is 2.45 bits per heavy atom. The normalized spacial score (nSPS) is 15.3. The Labute approximate surface area is 174 Å². The molecule has 1 aromatic rings. The topological polar surface area (TPSA) is 81.4 Å². The number of carbonyl (C=O) groups excluding carboxylic acids is 2. The molecule has 7 nitrogen and oxygen atoms in total.